The Bertz CT molecular complexity index is 1090. The molecular formula is C24H31N5O3S. The van der Waals surface area contributed by atoms with E-state index in [-0.39, 0.29) is 12.1 Å². The molecule has 0 amide bonds. The van der Waals surface area contributed by atoms with Crippen molar-refractivity contribution < 1.29 is 14.1 Å². The highest BCUT2D eigenvalue weighted by Crippen LogP contribution is 2.38. The van der Waals surface area contributed by atoms with E-state index in [1.54, 1.807) is 0 Å². The minimum Gasteiger partial charge on any atom is -0.476 e. The molecule has 5 aliphatic rings. The standard InChI is InChI=1S/C24H31N5O3S/c1-23(26-19-8-13-33(31)20(19)21(27-23)28-24(15-30)9-10-24)29-11-6-16(7-12-29)22-25-18-5-3-2-4-17(18)14-32-22/h2-5,16,26,30H,6-15H2,1H3,(H,27,28). The third-order valence-corrected chi connectivity index (χ3v) is 9.04. The van der Waals surface area contributed by atoms with Gasteiger partial charge in [0, 0.05) is 42.4 Å². The predicted molar refractivity (Wildman–Crippen MR) is 128 cm³/mol. The van der Waals surface area contributed by atoms with Gasteiger partial charge in [-0.2, -0.15) is 0 Å². The molecule has 4 aliphatic heterocycles. The maximum Gasteiger partial charge on any atom is 0.192 e. The number of benzene rings is 1. The minimum absolute atomic E-state index is 0.0715. The topological polar surface area (TPSA) is 98.6 Å². The Kier molecular flexibility index (Phi) is 5.12. The number of amidine groups is 1. The van der Waals surface area contributed by atoms with Crippen LogP contribution in [-0.4, -0.2) is 62.7 Å². The van der Waals surface area contributed by atoms with E-state index in [2.05, 4.69) is 34.6 Å². The van der Waals surface area contributed by atoms with Crippen molar-refractivity contribution in [3.8, 4) is 0 Å². The Morgan fingerprint density at radius 2 is 2.09 bits per heavy atom. The lowest BCUT2D eigenvalue weighted by Crippen LogP contribution is -2.61. The fraction of sp³-hybridized carbons (Fsp3) is 0.583. The number of piperidine rings is 1. The summed E-state index contributed by atoms with van der Waals surface area (Å²) in [4.78, 5) is 13.0. The number of ether oxygens (including phenoxy) is 1. The average molecular weight is 470 g/mol. The summed E-state index contributed by atoms with van der Waals surface area (Å²) in [5, 5.41) is 16.9. The maximum absolute atomic E-state index is 12.7. The van der Waals surface area contributed by atoms with Crippen LogP contribution in [0.3, 0.4) is 0 Å². The van der Waals surface area contributed by atoms with Crippen LogP contribution in [0.15, 0.2) is 44.9 Å². The number of aliphatic hydroxyl groups is 1. The van der Waals surface area contributed by atoms with Crippen molar-refractivity contribution in [1.29, 1.82) is 0 Å². The lowest BCUT2D eigenvalue weighted by molar-refractivity contribution is 0.0531. The van der Waals surface area contributed by atoms with Gasteiger partial charge in [-0.05, 0) is 38.7 Å². The third-order valence-electron chi connectivity index (χ3n) is 7.57. The second-order valence-electron chi connectivity index (χ2n) is 9.91. The summed E-state index contributed by atoms with van der Waals surface area (Å²) in [7, 11) is -1.05. The van der Waals surface area contributed by atoms with E-state index in [9.17, 15) is 9.32 Å². The van der Waals surface area contributed by atoms with Crippen molar-refractivity contribution in [1.82, 2.24) is 15.5 Å². The van der Waals surface area contributed by atoms with Gasteiger partial charge >= 0.3 is 0 Å². The molecule has 2 atom stereocenters. The number of para-hydroxylation sites is 1. The zero-order chi connectivity index (χ0) is 22.6. The first-order valence-electron chi connectivity index (χ1n) is 11.9. The van der Waals surface area contributed by atoms with Gasteiger partial charge < -0.3 is 20.5 Å². The number of hydrogen-bond acceptors (Lipinski definition) is 8. The molecule has 2 fully saturated rings. The number of nitrogens with zero attached hydrogens (tertiary/aromatic N) is 3. The van der Waals surface area contributed by atoms with E-state index < -0.39 is 16.6 Å². The smallest absolute Gasteiger partial charge is 0.192 e. The van der Waals surface area contributed by atoms with E-state index in [1.165, 1.54) is 0 Å². The van der Waals surface area contributed by atoms with Gasteiger partial charge in [-0.15, -0.1) is 0 Å². The monoisotopic (exact) mass is 469 g/mol. The summed E-state index contributed by atoms with van der Waals surface area (Å²) in [5.74, 6) is 1.89. The van der Waals surface area contributed by atoms with Gasteiger partial charge in [0.1, 0.15) is 12.4 Å². The van der Waals surface area contributed by atoms with E-state index >= 15 is 0 Å². The molecule has 0 spiro atoms. The molecule has 176 valence electrons. The van der Waals surface area contributed by atoms with Gasteiger partial charge in [-0.1, -0.05) is 18.2 Å². The van der Waals surface area contributed by atoms with Crippen LogP contribution in [-0.2, 0) is 22.1 Å². The van der Waals surface area contributed by atoms with Crippen molar-refractivity contribution in [3.63, 3.8) is 0 Å². The molecule has 1 saturated carbocycles. The van der Waals surface area contributed by atoms with E-state index in [1.807, 2.05) is 12.1 Å². The average Bonchev–Trinajstić information content (AvgIpc) is 3.52. The van der Waals surface area contributed by atoms with Crippen LogP contribution in [0, 0.1) is 5.92 Å². The van der Waals surface area contributed by atoms with Gasteiger partial charge in [-0.25, -0.2) is 9.98 Å². The molecule has 1 aromatic rings. The summed E-state index contributed by atoms with van der Waals surface area (Å²) < 4.78 is 18.7. The van der Waals surface area contributed by atoms with Crippen molar-refractivity contribution in [2.45, 2.75) is 57.0 Å². The van der Waals surface area contributed by atoms with Crippen molar-refractivity contribution in [2.75, 3.05) is 25.4 Å². The Morgan fingerprint density at radius 1 is 1.30 bits per heavy atom. The maximum atomic E-state index is 12.7. The van der Waals surface area contributed by atoms with Gasteiger partial charge in [0.2, 0.25) is 0 Å². The van der Waals surface area contributed by atoms with Gasteiger partial charge in [0.05, 0.1) is 33.5 Å². The number of fused-ring (bicyclic) bond motifs is 1. The first-order chi connectivity index (χ1) is 16.0. The second-order valence-corrected chi connectivity index (χ2v) is 11.4. The third kappa shape index (κ3) is 3.80. The molecule has 2 unspecified atom stereocenters. The predicted octanol–water partition coefficient (Wildman–Crippen LogP) is 2.11. The van der Waals surface area contributed by atoms with E-state index in [4.69, 9.17) is 14.7 Å². The highest BCUT2D eigenvalue weighted by Gasteiger charge is 2.48. The molecule has 4 heterocycles. The zero-order valence-electron chi connectivity index (χ0n) is 19.0. The molecule has 1 aromatic carbocycles. The molecule has 1 saturated heterocycles. The number of hydrogen-bond donors (Lipinski definition) is 3. The quantitative estimate of drug-likeness (QED) is 0.625. The van der Waals surface area contributed by atoms with Crippen LogP contribution in [0.1, 0.15) is 44.6 Å². The Hall–Kier alpha value is -2.23. The van der Waals surface area contributed by atoms with Crippen LogP contribution in [0.2, 0.25) is 0 Å². The Labute approximate surface area is 196 Å². The van der Waals surface area contributed by atoms with E-state index in [0.29, 0.717) is 24.1 Å². The SMILES string of the molecule is CC1(N2CCC(C3=Nc4ccccc4CO3)CC2)N=C(NC2(CO)CC2)C2=C(CCS2=O)N1. The summed E-state index contributed by atoms with van der Waals surface area (Å²) in [6.45, 7) is 4.50. The molecule has 9 heteroatoms. The molecule has 33 heavy (non-hydrogen) atoms. The molecule has 0 aromatic heterocycles. The fourth-order valence-electron chi connectivity index (χ4n) is 5.27. The van der Waals surface area contributed by atoms with Crippen molar-refractivity contribution >= 4 is 28.2 Å². The van der Waals surface area contributed by atoms with Crippen LogP contribution >= 0.6 is 0 Å². The lowest BCUT2D eigenvalue weighted by Gasteiger charge is -2.45. The highest BCUT2D eigenvalue weighted by atomic mass is 32.2. The summed E-state index contributed by atoms with van der Waals surface area (Å²) in [6, 6.07) is 8.17. The van der Waals surface area contributed by atoms with E-state index in [0.717, 1.165) is 72.9 Å². The van der Waals surface area contributed by atoms with Gasteiger partial charge in [-0.3, -0.25) is 9.11 Å². The molecular weight excluding hydrogens is 438 g/mol. The lowest BCUT2D eigenvalue weighted by atomic mass is 9.94. The number of rotatable bonds is 4. The van der Waals surface area contributed by atoms with Crippen molar-refractivity contribution in [2.24, 2.45) is 15.9 Å². The summed E-state index contributed by atoms with van der Waals surface area (Å²) in [6.07, 6.45) is 4.51. The first-order valence-corrected chi connectivity index (χ1v) is 13.2. The minimum atomic E-state index is -1.05. The molecule has 1 aliphatic carbocycles. The number of aliphatic hydroxyl groups excluding tert-OH is 1. The molecule has 6 rings (SSSR count). The normalized spacial score (nSPS) is 31.0. The summed E-state index contributed by atoms with van der Waals surface area (Å²) in [5.41, 5.74) is 2.89. The van der Waals surface area contributed by atoms with Crippen molar-refractivity contribution in [3.05, 3.63) is 40.4 Å². The number of nitrogens with one attached hydrogen (secondary N) is 2. The largest absolute Gasteiger partial charge is 0.476 e. The fourth-order valence-corrected chi connectivity index (χ4v) is 6.61. The number of aliphatic imine (C=N–C) groups is 2. The highest BCUT2D eigenvalue weighted by molar-refractivity contribution is 7.90. The van der Waals surface area contributed by atoms with Crippen LogP contribution in [0.25, 0.3) is 0 Å². The molecule has 0 bridgehead atoms. The Balaban J connectivity index is 1.19. The zero-order valence-corrected chi connectivity index (χ0v) is 19.8. The molecule has 3 N–H and O–H groups in total. The molecule has 0 radical (unpaired) electrons. The Morgan fingerprint density at radius 3 is 2.85 bits per heavy atom. The van der Waals surface area contributed by atoms with Gasteiger partial charge in [0.15, 0.2) is 11.7 Å². The first kappa shape index (κ1) is 21.3. The van der Waals surface area contributed by atoms with Crippen LogP contribution in [0.5, 0.6) is 0 Å². The second kappa shape index (κ2) is 7.92. The van der Waals surface area contributed by atoms with Crippen LogP contribution in [0.4, 0.5) is 5.69 Å². The molecule has 8 nitrogen and oxygen atoms in total. The van der Waals surface area contributed by atoms with Crippen LogP contribution < -0.4 is 10.6 Å². The number of likely N-dealkylation sites (tertiary alicyclic amines) is 1. The summed E-state index contributed by atoms with van der Waals surface area (Å²) >= 11 is 0. The number of allylic oxidation sites excluding steroid dienone is 1. The van der Waals surface area contributed by atoms with Gasteiger partial charge in [0.25, 0.3) is 0 Å².